The van der Waals surface area contributed by atoms with E-state index < -0.39 is 186 Å². The van der Waals surface area contributed by atoms with Crippen molar-refractivity contribution in [2.45, 2.75) is 174 Å². The summed E-state index contributed by atoms with van der Waals surface area (Å²) >= 11 is 0. The molecular formula is C33H57NO24. The highest BCUT2D eigenvalue weighted by molar-refractivity contribution is 5.73. The van der Waals surface area contributed by atoms with Crippen LogP contribution in [0.1, 0.15) is 20.8 Å². The van der Waals surface area contributed by atoms with E-state index in [4.69, 9.17) is 42.6 Å². The SMILES string of the molecule is CC(=O)NC1C(O[C@@H]2OC(CO)[C@H](O)C(O)C2O[C@@H]2OC(C)[C@@H](O)C(O)C2O)[C@@H](O)C(CO)O[C@H]1OC1C(O)[C@@H](O[C@H]2C(CO)O[C@@H](C)C(O)C2O)OC(CO)[C@@H]1O. The highest BCUT2D eigenvalue weighted by Crippen LogP contribution is 2.36. The zero-order valence-corrected chi connectivity index (χ0v) is 31.6. The highest BCUT2D eigenvalue weighted by atomic mass is 16.8. The molecule has 0 aromatic heterocycles. The molecule has 15 N–H and O–H groups in total. The number of hydrogen-bond donors (Lipinski definition) is 15. The van der Waals surface area contributed by atoms with Crippen LogP contribution in [0.3, 0.4) is 0 Å². The van der Waals surface area contributed by atoms with Crippen molar-refractivity contribution in [3.8, 4) is 0 Å². The number of aliphatic hydroxyl groups is 14. The molecule has 5 aliphatic rings. The Morgan fingerprint density at radius 2 is 0.862 bits per heavy atom. The Kier molecular flexibility index (Phi) is 16.5. The lowest BCUT2D eigenvalue weighted by atomic mass is 9.94. The minimum atomic E-state index is -2.04. The highest BCUT2D eigenvalue weighted by Gasteiger charge is 2.57. The number of carbonyl (C=O) groups is 1. The van der Waals surface area contributed by atoms with Gasteiger partial charge in [0.15, 0.2) is 25.2 Å². The first kappa shape index (κ1) is 47.6. The van der Waals surface area contributed by atoms with Crippen LogP contribution >= 0.6 is 0 Å². The smallest absolute Gasteiger partial charge is 0.217 e. The van der Waals surface area contributed by atoms with Crippen LogP contribution < -0.4 is 5.32 Å². The molecule has 1 amide bonds. The quantitative estimate of drug-likeness (QED) is 0.0818. The summed E-state index contributed by atoms with van der Waals surface area (Å²) in [5, 5.41) is 151. The van der Waals surface area contributed by atoms with Crippen LogP contribution in [0.5, 0.6) is 0 Å². The first-order chi connectivity index (χ1) is 27.4. The van der Waals surface area contributed by atoms with E-state index in [1.165, 1.54) is 13.8 Å². The lowest BCUT2D eigenvalue weighted by molar-refractivity contribution is -0.388. The van der Waals surface area contributed by atoms with Crippen LogP contribution in [0.25, 0.3) is 0 Å². The minimum absolute atomic E-state index is 0.710. The molecular weight excluding hydrogens is 794 g/mol. The van der Waals surface area contributed by atoms with Crippen LogP contribution in [-0.2, 0) is 47.4 Å². The molecule has 5 heterocycles. The average Bonchev–Trinajstić information content (AvgIpc) is 3.19. The largest absolute Gasteiger partial charge is 0.394 e. The van der Waals surface area contributed by atoms with E-state index in [-0.39, 0.29) is 0 Å². The molecule has 58 heavy (non-hydrogen) atoms. The fraction of sp³-hybridized carbons (Fsp3) is 0.970. The number of nitrogens with one attached hydrogen (secondary N) is 1. The standard InChI is InChI=1S/C33H57NO24/c1-8-17(41)22(46)26(14(7-38)50-8)55-32-25(49)28(20(44)13(6-37)53-32)57-30-15(34-10(3)39)27(19(43)12(5-36)52-30)56-33-29(23(47)18(42)11(4-35)54-33)58-31-24(48)21(45)16(40)9(2)51-31/h8-9,11-33,35-38,40-49H,4-7H2,1-3H3,(H,34,39)/t8-,9?,11?,12?,13?,14?,15?,16+,17?,18-,19-,20-,21?,22?,23?,24?,25?,26-,27?,28?,29?,30-,31-,32+,33-/m0/s1. The summed E-state index contributed by atoms with van der Waals surface area (Å²) in [5.74, 6) is -0.802. The van der Waals surface area contributed by atoms with Crippen LogP contribution in [0, 0.1) is 0 Å². The van der Waals surface area contributed by atoms with Crippen LogP contribution in [0.4, 0.5) is 0 Å². The molecule has 0 aromatic carbocycles. The molecule has 0 radical (unpaired) electrons. The summed E-state index contributed by atoms with van der Waals surface area (Å²) in [5.41, 5.74) is 0. The zero-order chi connectivity index (χ0) is 42.9. The molecule has 0 bridgehead atoms. The molecule has 5 fully saturated rings. The van der Waals surface area contributed by atoms with E-state index in [0.29, 0.717) is 0 Å². The van der Waals surface area contributed by atoms with Gasteiger partial charge in [-0.05, 0) is 13.8 Å². The van der Waals surface area contributed by atoms with Crippen molar-refractivity contribution in [3.05, 3.63) is 0 Å². The van der Waals surface area contributed by atoms with Gasteiger partial charge in [0.2, 0.25) is 5.91 Å². The molecule has 25 heteroatoms. The lowest BCUT2D eigenvalue weighted by Gasteiger charge is -2.50. The van der Waals surface area contributed by atoms with Gasteiger partial charge in [-0.25, -0.2) is 0 Å². The van der Waals surface area contributed by atoms with Gasteiger partial charge in [-0.2, -0.15) is 0 Å². The second kappa shape index (κ2) is 20.2. The molecule has 5 saturated heterocycles. The van der Waals surface area contributed by atoms with Crippen LogP contribution in [0.15, 0.2) is 0 Å². The maximum absolute atomic E-state index is 12.6. The third-order valence-corrected chi connectivity index (χ3v) is 10.9. The zero-order valence-electron chi connectivity index (χ0n) is 31.6. The maximum Gasteiger partial charge on any atom is 0.217 e. The van der Waals surface area contributed by atoms with Gasteiger partial charge in [-0.15, -0.1) is 0 Å². The van der Waals surface area contributed by atoms with Gasteiger partial charge >= 0.3 is 0 Å². The normalized spacial score (nSPS) is 51.6. The molecule has 0 aromatic rings. The third kappa shape index (κ3) is 9.77. The molecule has 0 saturated carbocycles. The molecule has 338 valence electrons. The van der Waals surface area contributed by atoms with E-state index >= 15 is 0 Å². The van der Waals surface area contributed by atoms with E-state index in [1.807, 2.05) is 0 Å². The van der Waals surface area contributed by atoms with Gasteiger partial charge in [-0.3, -0.25) is 4.79 Å². The van der Waals surface area contributed by atoms with Gasteiger partial charge in [-0.1, -0.05) is 0 Å². The van der Waals surface area contributed by atoms with E-state index in [0.717, 1.165) is 6.92 Å². The Morgan fingerprint density at radius 1 is 0.431 bits per heavy atom. The van der Waals surface area contributed by atoms with Gasteiger partial charge in [0, 0.05) is 6.92 Å². The molecule has 0 aliphatic carbocycles. The van der Waals surface area contributed by atoms with Crippen LogP contribution in [-0.4, -0.2) is 257 Å². The van der Waals surface area contributed by atoms with Crippen molar-refractivity contribution < 1.29 is 119 Å². The summed E-state index contributed by atoms with van der Waals surface area (Å²) in [6, 6.07) is -1.69. The van der Waals surface area contributed by atoms with Gasteiger partial charge in [0.1, 0.15) is 116 Å². The van der Waals surface area contributed by atoms with Crippen molar-refractivity contribution in [2.75, 3.05) is 26.4 Å². The number of hydrogen-bond acceptors (Lipinski definition) is 24. The Bertz CT molecular complexity index is 1310. The summed E-state index contributed by atoms with van der Waals surface area (Å²) in [7, 11) is 0. The Labute approximate surface area is 330 Å². The maximum atomic E-state index is 12.6. The summed E-state index contributed by atoms with van der Waals surface area (Å²) in [6.07, 6.45) is -40.8. The Morgan fingerprint density at radius 3 is 1.45 bits per heavy atom. The second-order valence-electron chi connectivity index (χ2n) is 15.0. The van der Waals surface area contributed by atoms with Gasteiger partial charge in [0.25, 0.3) is 0 Å². The van der Waals surface area contributed by atoms with E-state index in [9.17, 15) is 76.3 Å². The van der Waals surface area contributed by atoms with Crippen molar-refractivity contribution >= 4 is 5.91 Å². The molecule has 5 aliphatic heterocycles. The summed E-state index contributed by atoms with van der Waals surface area (Å²) in [4.78, 5) is 12.6. The van der Waals surface area contributed by atoms with Crippen LogP contribution in [0.2, 0.25) is 0 Å². The molecule has 5 rings (SSSR count). The van der Waals surface area contributed by atoms with Crippen molar-refractivity contribution in [1.29, 1.82) is 0 Å². The average molecular weight is 852 g/mol. The number of carbonyl (C=O) groups excluding carboxylic acids is 1. The Balaban J connectivity index is 1.44. The molecule has 25 nitrogen and oxygen atoms in total. The lowest BCUT2D eigenvalue weighted by Crippen LogP contribution is -2.70. The predicted octanol–water partition coefficient (Wildman–Crippen LogP) is -9.68. The third-order valence-electron chi connectivity index (χ3n) is 10.9. The first-order valence-electron chi connectivity index (χ1n) is 18.8. The van der Waals surface area contributed by atoms with E-state index in [2.05, 4.69) is 5.32 Å². The fourth-order valence-corrected chi connectivity index (χ4v) is 7.56. The van der Waals surface area contributed by atoms with Crippen molar-refractivity contribution in [2.24, 2.45) is 0 Å². The predicted molar refractivity (Wildman–Crippen MR) is 180 cm³/mol. The molecule has 25 atom stereocenters. The monoisotopic (exact) mass is 851 g/mol. The number of rotatable bonds is 13. The summed E-state index contributed by atoms with van der Waals surface area (Å²) < 4.78 is 51.6. The summed E-state index contributed by atoms with van der Waals surface area (Å²) in [6.45, 7) is 0.349. The minimum Gasteiger partial charge on any atom is -0.394 e. The van der Waals surface area contributed by atoms with E-state index in [1.54, 1.807) is 0 Å². The van der Waals surface area contributed by atoms with Gasteiger partial charge < -0.3 is 119 Å². The molecule has 0 spiro atoms. The van der Waals surface area contributed by atoms with Crippen molar-refractivity contribution in [1.82, 2.24) is 5.32 Å². The topological polar surface area (TPSA) is 395 Å². The fourth-order valence-electron chi connectivity index (χ4n) is 7.56. The number of aliphatic hydroxyl groups excluding tert-OH is 14. The van der Waals surface area contributed by atoms with Crippen molar-refractivity contribution in [3.63, 3.8) is 0 Å². The number of ether oxygens (including phenoxy) is 9. The second-order valence-corrected chi connectivity index (χ2v) is 15.0. The first-order valence-corrected chi connectivity index (χ1v) is 18.8. The Hall–Kier alpha value is -1.45. The van der Waals surface area contributed by atoms with Gasteiger partial charge in [0.05, 0.1) is 38.6 Å². The molecule has 15 unspecified atom stereocenters. The number of amides is 1.